The second-order valence-corrected chi connectivity index (χ2v) is 8.00. The summed E-state index contributed by atoms with van der Waals surface area (Å²) < 4.78 is 10.8. The quantitative estimate of drug-likeness (QED) is 0.691. The van der Waals surface area contributed by atoms with Crippen LogP contribution in [0.4, 0.5) is 4.79 Å². The number of amides is 1. The van der Waals surface area contributed by atoms with Crippen molar-refractivity contribution in [1.82, 2.24) is 4.90 Å². The topological polar surface area (TPSA) is 72.9 Å². The van der Waals surface area contributed by atoms with Crippen molar-refractivity contribution in [3.05, 3.63) is 0 Å². The molecule has 2 aliphatic heterocycles. The molecule has 2 heterocycles. The Morgan fingerprint density at radius 3 is 2.70 bits per heavy atom. The van der Waals surface area contributed by atoms with Gasteiger partial charge in [0.05, 0.1) is 18.1 Å². The molecule has 0 N–H and O–H groups in total. The van der Waals surface area contributed by atoms with Crippen molar-refractivity contribution in [3.8, 4) is 0 Å². The molecule has 2 bridgehead atoms. The second-order valence-electron chi connectivity index (χ2n) is 8.00. The summed E-state index contributed by atoms with van der Waals surface area (Å²) in [6, 6.07) is -0.461. The van der Waals surface area contributed by atoms with E-state index in [0.29, 0.717) is 25.9 Å². The van der Waals surface area contributed by atoms with Crippen LogP contribution in [0, 0.1) is 17.3 Å². The van der Waals surface area contributed by atoms with Crippen molar-refractivity contribution in [2.45, 2.75) is 58.6 Å². The molecular formula is C17H25NO5. The van der Waals surface area contributed by atoms with Crippen molar-refractivity contribution in [2.75, 3.05) is 13.2 Å². The number of piperidine rings is 1. The first-order valence-corrected chi connectivity index (χ1v) is 8.37. The summed E-state index contributed by atoms with van der Waals surface area (Å²) in [5.41, 5.74) is -1.34. The Bertz CT molecular complexity index is 552. The first-order valence-electron chi connectivity index (χ1n) is 8.37. The van der Waals surface area contributed by atoms with Gasteiger partial charge >= 0.3 is 12.1 Å². The number of carbonyl (C=O) groups is 3. The van der Waals surface area contributed by atoms with Crippen molar-refractivity contribution in [3.63, 3.8) is 0 Å². The van der Waals surface area contributed by atoms with Gasteiger partial charge in [-0.1, -0.05) is 6.92 Å². The SMILES string of the molecule is CC[C@@]12CN(C(=O)OC(C)(C)C)[C@H]3C[C@@H]1[C@@H](COC2=O)CC3=O. The van der Waals surface area contributed by atoms with Crippen LogP contribution in [0.3, 0.4) is 0 Å². The number of ether oxygens (including phenoxy) is 2. The van der Waals surface area contributed by atoms with Crippen LogP contribution < -0.4 is 0 Å². The molecule has 6 nitrogen and oxygen atoms in total. The van der Waals surface area contributed by atoms with Gasteiger partial charge in [0.1, 0.15) is 5.60 Å². The maximum atomic E-state index is 12.6. The molecule has 0 aromatic rings. The van der Waals surface area contributed by atoms with Gasteiger partial charge in [0, 0.05) is 18.9 Å². The fourth-order valence-corrected chi connectivity index (χ4v) is 4.36. The monoisotopic (exact) mass is 323 g/mol. The molecule has 0 spiro atoms. The minimum atomic E-state index is -0.697. The number of hydrogen-bond acceptors (Lipinski definition) is 5. The lowest BCUT2D eigenvalue weighted by molar-refractivity contribution is -0.192. The average Bonchev–Trinajstić information content (AvgIpc) is 2.46. The van der Waals surface area contributed by atoms with Crippen molar-refractivity contribution in [2.24, 2.45) is 17.3 Å². The number of rotatable bonds is 1. The van der Waals surface area contributed by atoms with Gasteiger partial charge in [0.25, 0.3) is 0 Å². The summed E-state index contributed by atoms with van der Waals surface area (Å²) in [5.74, 6) is 0.0368. The van der Waals surface area contributed by atoms with E-state index < -0.39 is 23.2 Å². The fourth-order valence-electron chi connectivity index (χ4n) is 4.36. The molecule has 2 saturated heterocycles. The molecule has 1 saturated carbocycles. The maximum absolute atomic E-state index is 12.6. The molecule has 4 atom stereocenters. The zero-order valence-electron chi connectivity index (χ0n) is 14.3. The molecular weight excluding hydrogens is 298 g/mol. The number of cyclic esters (lactones) is 1. The molecule has 0 unspecified atom stereocenters. The predicted octanol–water partition coefficient (Wildman–Crippen LogP) is 2.15. The first-order chi connectivity index (χ1) is 10.7. The highest BCUT2D eigenvalue weighted by molar-refractivity contribution is 5.91. The summed E-state index contributed by atoms with van der Waals surface area (Å²) >= 11 is 0. The molecule has 3 fully saturated rings. The number of carbonyl (C=O) groups excluding carboxylic acids is 3. The van der Waals surface area contributed by atoms with E-state index in [1.54, 1.807) is 20.8 Å². The van der Waals surface area contributed by atoms with E-state index in [1.165, 1.54) is 4.90 Å². The molecule has 3 rings (SSSR count). The van der Waals surface area contributed by atoms with Gasteiger partial charge in [-0.15, -0.1) is 0 Å². The molecule has 128 valence electrons. The highest BCUT2D eigenvalue weighted by Crippen LogP contribution is 2.52. The molecule has 6 heteroatoms. The first kappa shape index (κ1) is 16.3. The lowest BCUT2D eigenvalue weighted by atomic mass is 9.57. The largest absolute Gasteiger partial charge is 0.465 e. The Balaban J connectivity index is 1.94. The van der Waals surface area contributed by atoms with Crippen LogP contribution in [0.2, 0.25) is 0 Å². The zero-order chi connectivity index (χ0) is 17.0. The molecule has 0 aromatic heterocycles. The molecule has 0 aromatic carbocycles. The number of ketones is 1. The Morgan fingerprint density at radius 1 is 1.39 bits per heavy atom. The Labute approximate surface area is 136 Å². The molecule has 3 aliphatic rings. The number of likely N-dealkylation sites (tertiary alicyclic amines) is 1. The van der Waals surface area contributed by atoms with Crippen molar-refractivity contribution >= 4 is 17.8 Å². The van der Waals surface area contributed by atoms with Crippen LogP contribution in [0.5, 0.6) is 0 Å². The van der Waals surface area contributed by atoms with E-state index in [-0.39, 0.29) is 30.1 Å². The van der Waals surface area contributed by atoms with E-state index in [2.05, 4.69) is 0 Å². The number of fused-ring (bicyclic) bond motifs is 1. The van der Waals surface area contributed by atoms with Gasteiger partial charge < -0.3 is 9.47 Å². The van der Waals surface area contributed by atoms with E-state index in [4.69, 9.17) is 9.47 Å². The minimum absolute atomic E-state index is 0.0553. The summed E-state index contributed by atoms with van der Waals surface area (Å²) in [5, 5.41) is 0. The third kappa shape index (κ3) is 2.52. The van der Waals surface area contributed by atoms with Crippen LogP contribution in [0.25, 0.3) is 0 Å². The van der Waals surface area contributed by atoms with E-state index in [1.807, 2.05) is 6.92 Å². The highest BCUT2D eigenvalue weighted by Gasteiger charge is 2.61. The Hall–Kier alpha value is -1.59. The predicted molar refractivity (Wildman–Crippen MR) is 81.6 cm³/mol. The van der Waals surface area contributed by atoms with Gasteiger partial charge in [-0.25, -0.2) is 4.79 Å². The summed E-state index contributed by atoms with van der Waals surface area (Å²) in [4.78, 5) is 39.0. The summed E-state index contributed by atoms with van der Waals surface area (Å²) in [7, 11) is 0. The Morgan fingerprint density at radius 2 is 2.09 bits per heavy atom. The van der Waals surface area contributed by atoms with Gasteiger partial charge in [-0.3, -0.25) is 14.5 Å². The van der Waals surface area contributed by atoms with E-state index >= 15 is 0 Å². The van der Waals surface area contributed by atoms with Crippen LogP contribution in [-0.2, 0) is 19.1 Å². The van der Waals surface area contributed by atoms with E-state index in [0.717, 1.165) is 0 Å². The number of hydrogen-bond donors (Lipinski definition) is 0. The van der Waals surface area contributed by atoms with Crippen LogP contribution in [0.15, 0.2) is 0 Å². The Kier molecular flexibility index (Phi) is 3.69. The third-order valence-corrected chi connectivity index (χ3v) is 5.51. The van der Waals surface area contributed by atoms with Gasteiger partial charge in [-0.05, 0) is 39.5 Å². The standard InChI is InChI=1S/C17H25NO5/c1-5-17-9-18(15(21)23-16(2,3)4)12-7-11(17)10(6-13(12)19)8-22-14(17)20/h10-12H,5-9H2,1-4H3/t10-,11-,12+,17-/m1/s1. The average molecular weight is 323 g/mol. The molecule has 1 aliphatic carbocycles. The second kappa shape index (κ2) is 5.21. The lowest BCUT2D eigenvalue weighted by Gasteiger charge is -2.56. The van der Waals surface area contributed by atoms with Gasteiger partial charge in [0.2, 0.25) is 0 Å². The van der Waals surface area contributed by atoms with Gasteiger partial charge in [0.15, 0.2) is 5.78 Å². The maximum Gasteiger partial charge on any atom is 0.410 e. The fraction of sp³-hybridized carbons (Fsp3) is 0.824. The summed E-state index contributed by atoms with van der Waals surface area (Å²) in [6.07, 6.45) is 1.02. The molecule has 1 amide bonds. The van der Waals surface area contributed by atoms with E-state index in [9.17, 15) is 14.4 Å². The normalized spacial score (nSPS) is 36.5. The smallest absolute Gasteiger partial charge is 0.410 e. The molecule has 0 radical (unpaired) electrons. The highest BCUT2D eigenvalue weighted by atomic mass is 16.6. The lowest BCUT2D eigenvalue weighted by Crippen LogP contribution is -2.67. The number of esters is 1. The van der Waals surface area contributed by atoms with Crippen LogP contribution in [-0.4, -0.2) is 47.5 Å². The van der Waals surface area contributed by atoms with Crippen LogP contribution in [0.1, 0.15) is 47.0 Å². The zero-order valence-corrected chi connectivity index (χ0v) is 14.3. The van der Waals surface area contributed by atoms with Crippen molar-refractivity contribution < 1.29 is 23.9 Å². The third-order valence-electron chi connectivity index (χ3n) is 5.51. The summed E-state index contributed by atoms with van der Waals surface area (Å²) in [6.45, 7) is 7.88. The number of Topliss-reactive ketones (excluding diaryl/α,β-unsaturated/α-hetero) is 1. The van der Waals surface area contributed by atoms with Crippen LogP contribution >= 0.6 is 0 Å². The minimum Gasteiger partial charge on any atom is -0.465 e. The molecule has 23 heavy (non-hydrogen) atoms. The van der Waals surface area contributed by atoms with Crippen molar-refractivity contribution in [1.29, 1.82) is 0 Å². The van der Waals surface area contributed by atoms with Gasteiger partial charge in [-0.2, -0.15) is 0 Å². The number of nitrogens with zero attached hydrogens (tertiary/aromatic N) is 1.